The molecule has 0 N–H and O–H groups in total. The third kappa shape index (κ3) is 2.94. The number of nitrogens with zero attached hydrogens (tertiary/aromatic N) is 5. The number of aromatic nitrogens is 4. The molecule has 1 aliphatic rings. The van der Waals surface area contributed by atoms with Crippen LogP contribution < -0.4 is 11.2 Å². The Kier molecular flexibility index (Phi) is 4.77. The van der Waals surface area contributed by atoms with E-state index in [1.165, 1.54) is 23.7 Å². The molecule has 5 aromatic rings. The van der Waals surface area contributed by atoms with Gasteiger partial charge in [0, 0.05) is 68.0 Å². The van der Waals surface area contributed by atoms with E-state index >= 15 is 0 Å². The average Bonchev–Trinajstić information content (AvgIpc) is 3.42. The molecule has 0 saturated heterocycles. The van der Waals surface area contributed by atoms with Crippen LogP contribution in [0.25, 0.3) is 33.1 Å². The molecule has 1 atom stereocenters. The lowest BCUT2D eigenvalue weighted by molar-refractivity contribution is -0.384. The van der Waals surface area contributed by atoms with Crippen molar-refractivity contribution in [3.63, 3.8) is 0 Å². The molecular formula is C26H23N5O5. The van der Waals surface area contributed by atoms with Gasteiger partial charge in [-0.2, -0.15) is 0 Å². The van der Waals surface area contributed by atoms with Gasteiger partial charge in [0.1, 0.15) is 6.10 Å². The quantitative estimate of drug-likeness (QED) is 0.288. The first kappa shape index (κ1) is 22.1. The van der Waals surface area contributed by atoms with Crippen LogP contribution in [0, 0.1) is 10.1 Å². The molecule has 10 nitrogen and oxygen atoms in total. The van der Waals surface area contributed by atoms with Crippen molar-refractivity contribution in [1.82, 2.24) is 18.3 Å². The Hall–Kier alpha value is -4.44. The van der Waals surface area contributed by atoms with Crippen LogP contribution in [-0.4, -0.2) is 29.8 Å². The highest BCUT2D eigenvalue weighted by molar-refractivity contribution is 5.97. The number of ether oxygens (including phenoxy) is 1. The minimum absolute atomic E-state index is 0.0736. The van der Waals surface area contributed by atoms with Crippen LogP contribution in [0.15, 0.2) is 64.3 Å². The first-order valence-corrected chi connectivity index (χ1v) is 11.5. The summed E-state index contributed by atoms with van der Waals surface area (Å²) < 4.78 is 12.9. The summed E-state index contributed by atoms with van der Waals surface area (Å²) in [5.41, 5.74) is 3.23. The summed E-state index contributed by atoms with van der Waals surface area (Å²) in [4.78, 5) is 37.6. The molecule has 36 heavy (non-hydrogen) atoms. The Balaban J connectivity index is 1.76. The zero-order valence-electron chi connectivity index (χ0n) is 20.0. The topological polar surface area (TPSA) is 106 Å². The van der Waals surface area contributed by atoms with Gasteiger partial charge in [0.2, 0.25) is 0 Å². The summed E-state index contributed by atoms with van der Waals surface area (Å²) in [7, 11) is 5.04. The van der Waals surface area contributed by atoms with E-state index in [1.54, 1.807) is 19.2 Å². The highest BCUT2D eigenvalue weighted by atomic mass is 16.6. The first-order valence-electron chi connectivity index (χ1n) is 11.5. The lowest BCUT2D eigenvalue weighted by Gasteiger charge is -2.27. The summed E-state index contributed by atoms with van der Waals surface area (Å²) in [6.07, 6.45) is 1.47. The zero-order valence-corrected chi connectivity index (χ0v) is 20.0. The number of nitro groups is 1. The van der Waals surface area contributed by atoms with Crippen LogP contribution in [0.1, 0.15) is 17.4 Å². The van der Waals surface area contributed by atoms with Gasteiger partial charge in [-0.3, -0.25) is 24.0 Å². The predicted octanol–water partition coefficient (Wildman–Crippen LogP) is 3.23. The Labute approximate surface area is 204 Å². The van der Waals surface area contributed by atoms with Crippen LogP contribution in [0.2, 0.25) is 0 Å². The number of non-ortho nitro benzene ring substituents is 1. The van der Waals surface area contributed by atoms with Gasteiger partial charge in [-0.15, -0.1) is 0 Å². The molecule has 10 heteroatoms. The molecule has 4 heterocycles. The Morgan fingerprint density at radius 1 is 1.03 bits per heavy atom. The lowest BCUT2D eigenvalue weighted by atomic mass is 10.0. The van der Waals surface area contributed by atoms with Crippen LogP contribution in [0.4, 0.5) is 5.69 Å². The SMILES string of the molecule is Cn1c(=O)c2c(-c3cccc([N+](=O)[O-])c3)n3c(c2n(C)c1=O)[C@H](c1cn(C)c2ccccc12)OCC3. The second-order valence-corrected chi connectivity index (χ2v) is 9.09. The number of aryl methyl sites for hydroxylation is 2. The Morgan fingerprint density at radius 2 is 1.81 bits per heavy atom. The molecule has 0 unspecified atom stereocenters. The molecule has 0 saturated carbocycles. The van der Waals surface area contributed by atoms with Gasteiger partial charge in [-0.1, -0.05) is 30.3 Å². The fraction of sp³-hybridized carbons (Fsp3) is 0.231. The molecule has 0 fully saturated rings. The van der Waals surface area contributed by atoms with E-state index in [-0.39, 0.29) is 5.69 Å². The van der Waals surface area contributed by atoms with Gasteiger partial charge in [0.15, 0.2) is 0 Å². The molecule has 182 valence electrons. The summed E-state index contributed by atoms with van der Waals surface area (Å²) in [6, 6.07) is 14.2. The minimum Gasteiger partial charge on any atom is -0.365 e. The van der Waals surface area contributed by atoms with E-state index in [2.05, 4.69) is 0 Å². The third-order valence-electron chi connectivity index (χ3n) is 7.09. The monoisotopic (exact) mass is 485 g/mol. The van der Waals surface area contributed by atoms with E-state index in [0.29, 0.717) is 41.0 Å². The number of rotatable bonds is 3. The number of hydrogen-bond acceptors (Lipinski definition) is 5. The maximum Gasteiger partial charge on any atom is 0.331 e. The van der Waals surface area contributed by atoms with Crippen molar-refractivity contribution in [2.45, 2.75) is 12.6 Å². The molecule has 6 rings (SSSR count). The molecule has 0 spiro atoms. The zero-order chi connectivity index (χ0) is 25.3. The van der Waals surface area contributed by atoms with Crippen molar-refractivity contribution < 1.29 is 9.66 Å². The smallest absolute Gasteiger partial charge is 0.331 e. The van der Waals surface area contributed by atoms with Crippen molar-refractivity contribution in [2.75, 3.05) is 6.61 Å². The minimum atomic E-state index is -0.544. The number of benzene rings is 2. The summed E-state index contributed by atoms with van der Waals surface area (Å²) >= 11 is 0. The molecule has 0 bridgehead atoms. The molecule has 0 aliphatic carbocycles. The molecule has 1 aliphatic heterocycles. The summed E-state index contributed by atoms with van der Waals surface area (Å²) in [6.45, 7) is 0.804. The number of fused-ring (bicyclic) bond motifs is 4. The van der Waals surface area contributed by atoms with Gasteiger partial charge < -0.3 is 13.9 Å². The first-order chi connectivity index (χ1) is 17.3. The van der Waals surface area contributed by atoms with Crippen LogP contribution in [0.5, 0.6) is 0 Å². The van der Waals surface area contributed by atoms with E-state index < -0.39 is 22.3 Å². The molecule has 2 aromatic carbocycles. The van der Waals surface area contributed by atoms with Crippen LogP contribution in [0.3, 0.4) is 0 Å². The van der Waals surface area contributed by atoms with Gasteiger partial charge in [0.25, 0.3) is 11.2 Å². The molecule has 0 amide bonds. The van der Waals surface area contributed by atoms with Gasteiger partial charge in [0.05, 0.1) is 33.8 Å². The Bertz CT molecular complexity index is 1840. The molecular weight excluding hydrogens is 462 g/mol. The van der Waals surface area contributed by atoms with Crippen molar-refractivity contribution in [3.05, 3.63) is 96.9 Å². The maximum atomic E-state index is 13.5. The highest BCUT2D eigenvalue weighted by Crippen LogP contribution is 2.43. The van der Waals surface area contributed by atoms with E-state index in [4.69, 9.17) is 4.74 Å². The highest BCUT2D eigenvalue weighted by Gasteiger charge is 2.34. The fourth-order valence-electron chi connectivity index (χ4n) is 5.47. The summed E-state index contributed by atoms with van der Waals surface area (Å²) in [5.74, 6) is 0. The molecule has 0 radical (unpaired) electrons. The average molecular weight is 486 g/mol. The second-order valence-electron chi connectivity index (χ2n) is 9.09. The van der Waals surface area contributed by atoms with Gasteiger partial charge in [-0.05, 0) is 6.07 Å². The third-order valence-corrected chi connectivity index (χ3v) is 7.09. The van der Waals surface area contributed by atoms with Crippen molar-refractivity contribution in [1.29, 1.82) is 0 Å². The predicted molar refractivity (Wildman–Crippen MR) is 135 cm³/mol. The van der Waals surface area contributed by atoms with Crippen molar-refractivity contribution >= 4 is 27.5 Å². The van der Waals surface area contributed by atoms with E-state index in [0.717, 1.165) is 21.0 Å². The van der Waals surface area contributed by atoms with Crippen molar-refractivity contribution in [3.8, 4) is 11.3 Å². The van der Waals surface area contributed by atoms with Crippen LogP contribution >= 0.6 is 0 Å². The largest absolute Gasteiger partial charge is 0.365 e. The normalized spacial score (nSPS) is 15.5. The number of para-hydroxylation sites is 1. The fourth-order valence-corrected chi connectivity index (χ4v) is 5.47. The lowest BCUT2D eigenvalue weighted by Crippen LogP contribution is -2.37. The van der Waals surface area contributed by atoms with E-state index in [9.17, 15) is 19.7 Å². The van der Waals surface area contributed by atoms with Gasteiger partial charge >= 0.3 is 5.69 Å². The summed E-state index contributed by atoms with van der Waals surface area (Å²) in [5, 5.41) is 12.9. The molecule has 3 aromatic heterocycles. The van der Waals surface area contributed by atoms with Crippen LogP contribution in [-0.2, 0) is 32.4 Å². The number of nitro benzene ring substituents is 1. The Morgan fingerprint density at radius 3 is 2.58 bits per heavy atom. The van der Waals surface area contributed by atoms with Crippen molar-refractivity contribution in [2.24, 2.45) is 21.1 Å². The standard InChI is InChI=1S/C26H23N5O5/c1-27-14-18(17-9-4-5-10-19(17)27)24-23-22-20(25(32)29(3)26(33)28(22)2)21(30(23)11-12-36-24)15-7-6-8-16(13-15)31(34)35/h4-10,13-14,24H,11-12H2,1-3H3/t24-/m0/s1. The maximum absolute atomic E-state index is 13.5. The second kappa shape index (κ2) is 7.79. The van der Waals surface area contributed by atoms with E-state index in [1.807, 2.05) is 46.6 Å². The number of hydrogen-bond donors (Lipinski definition) is 0. The van der Waals surface area contributed by atoms with Gasteiger partial charge in [-0.25, -0.2) is 4.79 Å².